The summed E-state index contributed by atoms with van der Waals surface area (Å²) in [7, 11) is 1.64. The van der Waals surface area contributed by atoms with Crippen LogP contribution in [0.15, 0.2) is 52.1 Å². The predicted octanol–water partition coefficient (Wildman–Crippen LogP) is 4.53. The molecule has 0 spiro atoms. The number of hydrogen-bond acceptors (Lipinski definition) is 6. The van der Waals surface area contributed by atoms with Gasteiger partial charge in [-0.2, -0.15) is 0 Å². The van der Waals surface area contributed by atoms with Gasteiger partial charge in [-0.15, -0.1) is 10.2 Å². The van der Waals surface area contributed by atoms with E-state index >= 15 is 0 Å². The Balaban J connectivity index is 1.54. The number of methoxy groups -OCH3 is 1. The zero-order valence-corrected chi connectivity index (χ0v) is 15.3. The lowest BCUT2D eigenvalue weighted by Gasteiger charge is -2.10. The lowest BCUT2D eigenvalue weighted by atomic mass is 10.1. The van der Waals surface area contributed by atoms with Crippen LogP contribution in [0.1, 0.15) is 11.1 Å². The summed E-state index contributed by atoms with van der Waals surface area (Å²) in [6.07, 6.45) is 0. The number of aryl methyl sites for hydroxylation is 2. The van der Waals surface area contributed by atoms with Crippen molar-refractivity contribution in [2.24, 2.45) is 0 Å². The first-order chi connectivity index (χ1) is 12.2. The maximum atomic E-state index is 5.78. The topological polar surface area (TPSA) is 57.4 Å². The average molecular weight is 356 g/mol. The number of aromatic nitrogens is 2. The average Bonchev–Trinajstić information content (AvgIpc) is 3.08. The van der Waals surface area contributed by atoms with Crippen molar-refractivity contribution in [2.75, 3.05) is 19.5 Å². The van der Waals surface area contributed by atoms with Crippen molar-refractivity contribution >= 4 is 11.8 Å². The summed E-state index contributed by atoms with van der Waals surface area (Å²) in [4.78, 5) is 0. The zero-order chi connectivity index (χ0) is 17.6. The van der Waals surface area contributed by atoms with Crippen LogP contribution in [0.4, 0.5) is 0 Å². The Kier molecular flexibility index (Phi) is 5.60. The Bertz CT molecular complexity index is 848. The Morgan fingerprint density at radius 2 is 1.88 bits per heavy atom. The third kappa shape index (κ3) is 4.33. The Morgan fingerprint density at radius 1 is 1.04 bits per heavy atom. The Morgan fingerprint density at radius 3 is 2.68 bits per heavy atom. The molecular weight excluding hydrogens is 336 g/mol. The van der Waals surface area contributed by atoms with Gasteiger partial charge in [-0.05, 0) is 43.2 Å². The van der Waals surface area contributed by atoms with E-state index in [9.17, 15) is 0 Å². The highest BCUT2D eigenvalue weighted by Crippen LogP contribution is 2.29. The lowest BCUT2D eigenvalue weighted by molar-refractivity contribution is 0.313. The molecular formula is C19H20N2O3S. The first kappa shape index (κ1) is 17.4. The van der Waals surface area contributed by atoms with Gasteiger partial charge in [-0.1, -0.05) is 36.0 Å². The molecule has 0 N–H and O–H groups in total. The van der Waals surface area contributed by atoms with E-state index in [0.717, 1.165) is 28.2 Å². The maximum absolute atomic E-state index is 5.78. The van der Waals surface area contributed by atoms with E-state index in [4.69, 9.17) is 13.9 Å². The minimum absolute atomic E-state index is 0.520. The predicted molar refractivity (Wildman–Crippen MR) is 98.4 cm³/mol. The van der Waals surface area contributed by atoms with Crippen LogP contribution in [0.25, 0.3) is 11.5 Å². The summed E-state index contributed by atoms with van der Waals surface area (Å²) in [5.41, 5.74) is 3.20. The molecule has 5 nitrogen and oxygen atoms in total. The number of benzene rings is 2. The highest BCUT2D eigenvalue weighted by molar-refractivity contribution is 7.99. The minimum Gasteiger partial charge on any atom is -0.493 e. The molecule has 2 aromatic carbocycles. The van der Waals surface area contributed by atoms with E-state index < -0.39 is 0 Å². The van der Waals surface area contributed by atoms with E-state index in [0.29, 0.717) is 23.5 Å². The summed E-state index contributed by atoms with van der Waals surface area (Å²) in [5.74, 6) is 2.72. The third-order valence-electron chi connectivity index (χ3n) is 3.67. The van der Waals surface area contributed by atoms with Gasteiger partial charge in [0.25, 0.3) is 5.22 Å². The molecule has 1 aromatic heterocycles. The molecule has 0 unspecified atom stereocenters. The number of thioether (sulfide) groups is 1. The molecule has 0 fully saturated rings. The highest BCUT2D eigenvalue weighted by Gasteiger charge is 2.11. The SMILES string of the molecule is COc1cc(C)ccc1OCCSc1nnc(-c2ccccc2C)o1. The van der Waals surface area contributed by atoms with E-state index in [1.54, 1.807) is 7.11 Å². The van der Waals surface area contributed by atoms with Crippen LogP contribution < -0.4 is 9.47 Å². The van der Waals surface area contributed by atoms with Crippen molar-refractivity contribution in [1.82, 2.24) is 10.2 Å². The van der Waals surface area contributed by atoms with Crippen molar-refractivity contribution in [3.8, 4) is 23.0 Å². The van der Waals surface area contributed by atoms with Crippen LogP contribution in [0.5, 0.6) is 11.5 Å². The van der Waals surface area contributed by atoms with Crippen molar-refractivity contribution in [3.63, 3.8) is 0 Å². The number of hydrogen-bond donors (Lipinski definition) is 0. The smallest absolute Gasteiger partial charge is 0.276 e. The molecule has 0 aliphatic rings. The fraction of sp³-hybridized carbons (Fsp3) is 0.263. The quantitative estimate of drug-likeness (QED) is 0.458. The molecule has 130 valence electrons. The summed E-state index contributed by atoms with van der Waals surface area (Å²) >= 11 is 1.47. The highest BCUT2D eigenvalue weighted by atomic mass is 32.2. The molecule has 6 heteroatoms. The van der Waals surface area contributed by atoms with Crippen molar-refractivity contribution in [1.29, 1.82) is 0 Å². The van der Waals surface area contributed by atoms with Gasteiger partial charge in [0.05, 0.1) is 13.7 Å². The molecule has 0 aliphatic carbocycles. The third-order valence-corrected chi connectivity index (χ3v) is 4.45. The standard InChI is InChI=1S/C19H20N2O3S/c1-13-8-9-16(17(12-13)22-3)23-10-11-25-19-21-20-18(24-19)15-7-5-4-6-14(15)2/h4-9,12H,10-11H2,1-3H3. The normalized spacial score (nSPS) is 10.7. The van der Waals surface area contributed by atoms with Gasteiger partial charge in [0.15, 0.2) is 11.5 Å². The van der Waals surface area contributed by atoms with Crippen LogP contribution in [-0.4, -0.2) is 29.7 Å². The van der Waals surface area contributed by atoms with Gasteiger partial charge in [0, 0.05) is 11.3 Å². The van der Waals surface area contributed by atoms with E-state index in [1.165, 1.54) is 11.8 Å². The fourth-order valence-electron chi connectivity index (χ4n) is 2.36. The van der Waals surface area contributed by atoms with Crippen LogP contribution in [0, 0.1) is 13.8 Å². The second kappa shape index (κ2) is 8.07. The summed E-state index contributed by atoms with van der Waals surface area (Å²) in [6.45, 7) is 4.56. The van der Waals surface area contributed by atoms with Crippen molar-refractivity contribution in [2.45, 2.75) is 19.1 Å². The Labute approximate surface area is 151 Å². The second-order valence-corrected chi connectivity index (χ2v) is 6.59. The Hall–Kier alpha value is -2.47. The molecule has 1 heterocycles. The van der Waals surface area contributed by atoms with Gasteiger partial charge in [-0.25, -0.2) is 0 Å². The molecule has 25 heavy (non-hydrogen) atoms. The summed E-state index contributed by atoms with van der Waals surface area (Å²) < 4.78 is 16.8. The molecule has 3 aromatic rings. The number of ether oxygens (including phenoxy) is 2. The summed E-state index contributed by atoms with van der Waals surface area (Å²) in [5, 5.41) is 8.75. The van der Waals surface area contributed by atoms with E-state index in [2.05, 4.69) is 10.2 Å². The van der Waals surface area contributed by atoms with Gasteiger partial charge in [0.2, 0.25) is 5.89 Å². The molecule has 0 atom stereocenters. The molecule has 0 saturated heterocycles. The van der Waals surface area contributed by atoms with Gasteiger partial charge in [-0.3, -0.25) is 0 Å². The van der Waals surface area contributed by atoms with Crippen LogP contribution in [0.3, 0.4) is 0 Å². The maximum Gasteiger partial charge on any atom is 0.276 e. The van der Waals surface area contributed by atoms with Gasteiger partial charge in [0.1, 0.15) is 0 Å². The van der Waals surface area contributed by atoms with Gasteiger partial charge >= 0.3 is 0 Å². The second-order valence-electron chi connectivity index (χ2n) is 5.54. The molecule has 0 bridgehead atoms. The van der Waals surface area contributed by atoms with Crippen molar-refractivity contribution < 1.29 is 13.9 Å². The minimum atomic E-state index is 0.520. The molecule has 0 aliphatic heterocycles. The monoisotopic (exact) mass is 356 g/mol. The van der Waals surface area contributed by atoms with E-state index in [-0.39, 0.29) is 0 Å². The van der Waals surface area contributed by atoms with Crippen LogP contribution in [-0.2, 0) is 0 Å². The van der Waals surface area contributed by atoms with E-state index in [1.807, 2.05) is 56.3 Å². The first-order valence-corrected chi connectivity index (χ1v) is 8.95. The molecule has 3 rings (SSSR count). The van der Waals surface area contributed by atoms with Crippen LogP contribution in [0.2, 0.25) is 0 Å². The fourth-order valence-corrected chi connectivity index (χ4v) is 2.94. The number of nitrogens with zero attached hydrogens (tertiary/aromatic N) is 2. The lowest BCUT2D eigenvalue weighted by Crippen LogP contribution is -2.01. The van der Waals surface area contributed by atoms with Crippen molar-refractivity contribution in [3.05, 3.63) is 53.6 Å². The molecule has 0 amide bonds. The molecule has 0 radical (unpaired) electrons. The largest absolute Gasteiger partial charge is 0.493 e. The molecule has 0 saturated carbocycles. The van der Waals surface area contributed by atoms with Gasteiger partial charge < -0.3 is 13.9 Å². The summed E-state index contributed by atoms with van der Waals surface area (Å²) in [6, 6.07) is 13.8. The zero-order valence-electron chi connectivity index (χ0n) is 14.5. The number of rotatable bonds is 7. The first-order valence-electron chi connectivity index (χ1n) is 7.97. The van der Waals surface area contributed by atoms with Crippen LogP contribution >= 0.6 is 11.8 Å².